The minimum absolute atomic E-state index is 0.272. The first-order valence-electron chi connectivity index (χ1n) is 7.15. The molecule has 20 heavy (non-hydrogen) atoms. The summed E-state index contributed by atoms with van der Waals surface area (Å²) in [5.41, 5.74) is 4.70. The summed E-state index contributed by atoms with van der Waals surface area (Å²) in [6.07, 6.45) is -0.272. The maximum Gasteiger partial charge on any atom is 0.183 e. The number of hydrogen-bond acceptors (Lipinski definition) is 2. The smallest absolute Gasteiger partial charge is 0.183 e. The molecule has 0 unspecified atom stereocenters. The Morgan fingerprint density at radius 1 is 0.850 bits per heavy atom. The van der Waals surface area contributed by atoms with Crippen molar-refractivity contribution >= 4 is 0 Å². The van der Waals surface area contributed by atoms with Crippen molar-refractivity contribution in [2.24, 2.45) is 0 Å². The van der Waals surface area contributed by atoms with Gasteiger partial charge in [0.15, 0.2) is 6.29 Å². The van der Waals surface area contributed by atoms with Gasteiger partial charge in [0.05, 0.1) is 0 Å². The van der Waals surface area contributed by atoms with Gasteiger partial charge in [0.25, 0.3) is 0 Å². The Morgan fingerprint density at radius 2 is 1.35 bits per heavy atom. The van der Waals surface area contributed by atoms with Gasteiger partial charge in [0.1, 0.15) is 0 Å². The summed E-state index contributed by atoms with van der Waals surface area (Å²) in [5, 5.41) is 0. The normalized spacial score (nSPS) is 11.2. The van der Waals surface area contributed by atoms with Crippen LogP contribution in [0.2, 0.25) is 0 Å². The lowest BCUT2D eigenvalue weighted by Crippen LogP contribution is -2.09. The highest BCUT2D eigenvalue weighted by Gasteiger charge is 2.11. The lowest BCUT2D eigenvalue weighted by atomic mass is 10.2. The zero-order chi connectivity index (χ0) is 14.5. The summed E-state index contributed by atoms with van der Waals surface area (Å²) in [6.45, 7) is 9.47. The van der Waals surface area contributed by atoms with Crippen LogP contribution >= 0.6 is 0 Å². The van der Waals surface area contributed by atoms with Crippen molar-refractivity contribution in [3.8, 4) is 5.69 Å². The van der Waals surface area contributed by atoms with Crippen molar-refractivity contribution in [2.45, 2.75) is 34.0 Å². The fourth-order valence-corrected chi connectivity index (χ4v) is 2.40. The molecule has 3 heteroatoms. The van der Waals surface area contributed by atoms with Crippen LogP contribution in [0.1, 0.15) is 37.1 Å². The van der Waals surface area contributed by atoms with Crippen molar-refractivity contribution < 1.29 is 9.47 Å². The Hall–Kier alpha value is -1.58. The Kier molecular flexibility index (Phi) is 4.99. The molecule has 1 aromatic carbocycles. The van der Waals surface area contributed by atoms with Gasteiger partial charge in [-0.15, -0.1) is 0 Å². The number of nitrogens with zero attached hydrogens (tertiary/aromatic N) is 1. The van der Waals surface area contributed by atoms with Crippen molar-refractivity contribution in [3.63, 3.8) is 0 Å². The summed E-state index contributed by atoms with van der Waals surface area (Å²) in [4.78, 5) is 0. The van der Waals surface area contributed by atoms with E-state index in [1.807, 2.05) is 13.8 Å². The monoisotopic (exact) mass is 273 g/mol. The molecule has 0 aliphatic rings. The number of benzene rings is 1. The highest BCUT2D eigenvalue weighted by Crippen LogP contribution is 2.22. The highest BCUT2D eigenvalue weighted by atomic mass is 16.7. The van der Waals surface area contributed by atoms with E-state index in [4.69, 9.17) is 9.47 Å². The van der Waals surface area contributed by atoms with Crippen LogP contribution in [0.25, 0.3) is 5.69 Å². The van der Waals surface area contributed by atoms with Crippen molar-refractivity contribution in [1.82, 2.24) is 4.57 Å². The molecule has 108 valence electrons. The first-order valence-corrected chi connectivity index (χ1v) is 7.15. The van der Waals surface area contributed by atoms with Crippen LogP contribution in [-0.4, -0.2) is 17.8 Å². The summed E-state index contributed by atoms with van der Waals surface area (Å²) in [7, 11) is 0. The molecule has 0 spiro atoms. The third kappa shape index (κ3) is 3.11. The first-order chi connectivity index (χ1) is 9.67. The molecular formula is C17H23NO2. The molecular weight excluding hydrogens is 250 g/mol. The van der Waals surface area contributed by atoms with E-state index in [1.54, 1.807) is 0 Å². The van der Waals surface area contributed by atoms with Crippen molar-refractivity contribution in [2.75, 3.05) is 13.2 Å². The van der Waals surface area contributed by atoms with Crippen LogP contribution in [0.4, 0.5) is 0 Å². The van der Waals surface area contributed by atoms with E-state index < -0.39 is 0 Å². The number of hydrogen-bond donors (Lipinski definition) is 0. The molecule has 1 heterocycles. The van der Waals surface area contributed by atoms with Gasteiger partial charge >= 0.3 is 0 Å². The maximum absolute atomic E-state index is 5.62. The molecule has 0 saturated carbocycles. The molecule has 1 aromatic heterocycles. The predicted octanol–water partition coefficient (Wildman–Crippen LogP) is 4.17. The zero-order valence-electron chi connectivity index (χ0n) is 12.7. The Bertz CT molecular complexity index is 517. The molecule has 0 saturated heterocycles. The SMILES string of the molecule is CCOC(OCC)c1ccc(-n2c(C)ccc2C)cc1. The molecule has 3 nitrogen and oxygen atoms in total. The van der Waals surface area contributed by atoms with E-state index in [-0.39, 0.29) is 6.29 Å². The van der Waals surface area contributed by atoms with E-state index in [2.05, 4.69) is 54.8 Å². The number of rotatable bonds is 6. The Morgan fingerprint density at radius 3 is 1.80 bits per heavy atom. The van der Waals surface area contributed by atoms with Gasteiger partial charge in [-0.05, 0) is 52.0 Å². The van der Waals surface area contributed by atoms with Gasteiger partial charge in [-0.25, -0.2) is 0 Å². The minimum atomic E-state index is -0.272. The lowest BCUT2D eigenvalue weighted by molar-refractivity contribution is -0.140. The first kappa shape index (κ1) is 14.8. The summed E-state index contributed by atoms with van der Waals surface area (Å²) in [6, 6.07) is 12.6. The number of ether oxygens (including phenoxy) is 2. The molecule has 2 rings (SSSR count). The third-order valence-corrected chi connectivity index (χ3v) is 3.33. The molecule has 0 fully saturated rings. The Balaban J connectivity index is 2.25. The Labute approximate surface area is 121 Å². The van der Waals surface area contributed by atoms with Crippen molar-refractivity contribution in [1.29, 1.82) is 0 Å². The van der Waals surface area contributed by atoms with E-state index in [9.17, 15) is 0 Å². The molecule has 0 bridgehead atoms. The van der Waals surface area contributed by atoms with E-state index in [1.165, 1.54) is 17.1 Å². The maximum atomic E-state index is 5.62. The molecule has 0 radical (unpaired) electrons. The van der Waals surface area contributed by atoms with Crippen LogP contribution in [0.15, 0.2) is 36.4 Å². The summed E-state index contributed by atoms with van der Waals surface area (Å²) in [5.74, 6) is 0. The van der Waals surface area contributed by atoms with Gasteiger partial charge in [0.2, 0.25) is 0 Å². The molecule has 0 atom stereocenters. The van der Waals surface area contributed by atoms with Gasteiger partial charge in [-0.1, -0.05) is 12.1 Å². The summed E-state index contributed by atoms with van der Waals surface area (Å²) >= 11 is 0. The molecule has 2 aromatic rings. The largest absolute Gasteiger partial charge is 0.349 e. The zero-order valence-corrected chi connectivity index (χ0v) is 12.7. The second-order valence-corrected chi connectivity index (χ2v) is 4.79. The number of aromatic nitrogens is 1. The standard InChI is InChI=1S/C17H23NO2/c1-5-19-17(20-6-2)15-9-11-16(12-10-15)18-13(3)7-8-14(18)4/h7-12,17H,5-6H2,1-4H3. The molecule has 0 aliphatic heterocycles. The van der Waals surface area contributed by atoms with Gasteiger partial charge in [0, 0.05) is 35.9 Å². The van der Waals surface area contributed by atoms with Crippen molar-refractivity contribution in [3.05, 3.63) is 53.3 Å². The second kappa shape index (κ2) is 6.73. The van der Waals surface area contributed by atoms with Crippen LogP contribution < -0.4 is 0 Å². The third-order valence-electron chi connectivity index (χ3n) is 3.33. The van der Waals surface area contributed by atoms with E-state index in [0.29, 0.717) is 13.2 Å². The average molecular weight is 273 g/mol. The predicted molar refractivity (Wildman–Crippen MR) is 81.2 cm³/mol. The van der Waals surface area contributed by atoms with Gasteiger partial charge in [-0.3, -0.25) is 0 Å². The van der Waals surface area contributed by atoms with Crippen LogP contribution in [0, 0.1) is 13.8 Å². The van der Waals surface area contributed by atoms with E-state index in [0.717, 1.165) is 5.56 Å². The molecule has 0 amide bonds. The second-order valence-electron chi connectivity index (χ2n) is 4.79. The fraction of sp³-hybridized carbons (Fsp3) is 0.412. The highest BCUT2D eigenvalue weighted by molar-refractivity contribution is 5.39. The number of aryl methyl sites for hydroxylation is 2. The molecule has 0 aliphatic carbocycles. The van der Waals surface area contributed by atoms with Crippen LogP contribution in [0.3, 0.4) is 0 Å². The van der Waals surface area contributed by atoms with E-state index >= 15 is 0 Å². The summed E-state index contributed by atoms with van der Waals surface area (Å²) < 4.78 is 13.5. The van der Waals surface area contributed by atoms with Crippen LogP contribution in [0.5, 0.6) is 0 Å². The quantitative estimate of drug-likeness (QED) is 0.738. The van der Waals surface area contributed by atoms with Gasteiger partial charge < -0.3 is 14.0 Å². The molecule has 0 N–H and O–H groups in total. The average Bonchev–Trinajstić information content (AvgIpc) is 2.78. The van der Waals surface area contributed by atoms with Gasteiger partial charge in [-0.2, -0.15) is 0 Å². The fourth-order valence-electron chi connectivity index (χ4n) is 2.40. The topological polar surface area (TPSA) is 23.4 Å². The minimum Gasteiger partial charge on any atom is -0.349 e. The lowest BCUT2D eigenvalue weighted by Gasteiger charge is -2.18. The van der Waals surface area contributed by atoms with Crippen LogP contribution in [-0.2, 0) is 9.47 Å².